The van der Waals surface area contributed by atoms with Gasteiger partial charge in [0.15, 0.2) is 0 Å². The molecule has 1 fully saturated rings. The van der Waals surface area contributed by atoms with Crippen molar-refractivity contribution < 1.29 is 5.11 Å². The molecule has 2 N–H and O–H groups in total. The lowest BCUT2D eigenvalue weighted by Gasteiger charge is -2.35. The number of aliphatic hydroxyl groups is 1. The zero-order valence-corrected chi connectivity index (χ0v) is 12.2. The fourth-order valence-corrected chi connectivity index (χ4v) is 3.29. The van der Waals surface area contributed by atoms with Crippen molar-refractivity contribution in [2.24, 2.45) is 11.8 Å². The number of nitrogens with one attached hydrogen (secondary N) is 1. The molecule has 0 radical (unpaired) electrons. The standard InChI is InChI=1S/C17H27NO/c1-13-8-9-17(14(2)10-13)18-16(12-19)11-15-6-4-3-5-7-15/h3-7,13-14,16-19H,8-12H2,1-2H3. The number of benzene rings is 1. The summed E-state index contributed by atoms with van der Waals surface area (Å²) in [6, 6.07) is 11.2. The highest BCUT2D eigenvalue weighted by Gasteiger charge is 2.26. The van der Waals surface area contributed by atoms with Gasteiger partial charge in [0.05, 0.1) is 6.61 Å². The van der Waals surface area contributed by atoms with E-state index in [4.69, 9.17) is 0 Å². The van der Waals surface area contributed by atoms with Crippen LogP contribution in [0.25, 0.3) is 0 Å². The Labute approximate surface area is 117 Å². The van der Waals surface area contributed by atoms with Crippen molar-refractivity contribution in [2.45, 2.75) is 51.6 Å². The second-order valence-corrected chi connectivity index (χ2v) is 6.24. The van der Waals surface area contributed by atoms with Crippen molar-refractivity contribution in [1.29, 1.82) is 0 Å². The summed E-state index contributed by atoms with van der Waals surface area (Å²) in [7, 11) is 0. The Bertz CT molecular complexity index is 365. The molecule has 1 aromatic carbocycles. The maximum Gasteiger partial charge on any atom is 0.0587 e. The average molecular weight is 261 g/mol. The van der Waals surface area contributed by atoms with Crippen molar-refractivity contribution in [3.8, 4) is 0 Å². The average Bonchev–Trinajstić information content (AvgIpc) is 2.42. The van der Waals surface area contributed by atoms with Crippen molar-refractivity contribution in [3.63, 3.8) is 0 Å². The van der Waals surface area contributed by atoms with Gasteiger partial charge in [-0.1, -0.05) is 44.2 Å². The van der Waals surface area contributed by atoms with Gasteiger partial charge in [0, 0.05) is 12.1 Å². The van der Waals surface area contributed by atoms with Crippen LogP contribution >= 0.6 is 0 Å². The summed E-state index contributed by atoms with van der Waals surface area (Å²) in [5, 5.41) is 13.3. The zero-order chi connectivity index (χ0) is 13.7. The highest BCUT2D eigenvalue weighted by molar-refractivity contribution is 5.16. The van der Waals surface area contributed by atoms with Crippen LogP contribution in [0.3, 0.4) is 0 Å². The molecule has 1 saturated carbocycles. The van der Waals surface area contributed by atoms with Gasteiger partial charge in [-0.15, -0.1) is 0 Å². The fraction of sp³-hybridized carbons (Fsp3) is 0.647. The normalized spacial score (nSPS) is 29.1. The molecule has 0 heterocycles. The van der Waals surface area contributed by atoms with E-state index in [9.17, 15) is 5.11 Å². The molecule has 19 heavy (non-hydrogen) atoms. The number of rotatable bonds is 5. The summed E-state index contributed by atoms with van der Waals surface area (Å²) in [6.07, 6.45) is 4.77. The molecule has 0 spiro atoms. The Morgan fingerprint density at radius 3 is 2.58 bits per heavy atom. The SMILES string of the molecule is CC1CCC(NC(CO)Cc2ccccc2)C(C)C1. The fourth-order valence-electron chi connectivity index (χ4n) is 3.29. The van der Waals surface area contributed by atoms with E-state index in [1.165, 1.54) is 24.8 Å². The van der Waals surface area contributed by atoms with Gasteiger partial charge in [0.1, 0.15) is 0 Å². The number of hydrogen-bond donors (Lipinski definition) is 2. The molecular formula is C17H27NO. The van der Waals surface area contributed by atoms with Gasteiger partial charge in [0.25, 0.3) is 0 Å². The van der Waals surface area contributed by atoms with Gasteiger partial charge in [-0.3, -0.25) is 0 Å². The van der Waals surface area contributed by atoms with Gasteiger partial charge in [-0.25, -0.2) is 0 Å². The van der Waals surface area contributed by atoms with E-state index < -0.39 is 0 Å². The third-order valence-electron chi connectivity index (χ3n) is 4.43. The first-order valence-corrected chi connectivity index (χ1v) is 7.60. The molecule has 0 bridgehead atoms. The number of aliphatic hydroxyl groups excluding tert-OH is 1. The molecular weight excluding hydrogens is 234 g/mol. The molecule has 106 valence electrons. The van der Waals surface area contributed by atoms with Crippen molar-refractivity contribution in [3.05, 3.63) is 35.9 Å². The summed E-state index contributed by atoms with van der Waals surface area (Å²) in [6.45, 7) is 4.90. The molecule has 0 amide bonds. The summed E-state index contributed by atoms with van der Waals surface area (Å²) >= 11 is 0. The van der Waals surface area contributed by atoms with Crippen LogP contribution in [0.2, 0.25) is 0 Å². The summed E-state index contributed by atoms with van der Waals surface area (Å²) in [4.78, 5) is 0. The molecule has 1 aliphatic rings. The Kier molecular flexibility index (Phi) is 5.41. The van der Waals surface area contributed by atoms with Crippen molar-refractivity contribution in [2.75, 3.05) is 6.61 Å². The van der Waals surface area contributed by atoms with Crippen LogP contribution in [-0.4, -0.2) is 23.8 Å². The first kappa shape index (κ1) is 14.5. The van der Waals surface area contributed by atoms with Gasteiger partial charge < -0.3 is 10.4 Å². The third-order valence-corrected chi connectivity index (χ3v) is 4.43. The highest BCUT2D eigenvalue weighted by atomic mass is 16.3. The van der Waals surface area contributed by atoms with Gasteiger partial charge in [-0.05, 0) is 43.1 Å². The van der Waals surface area contributed by atoms with E-state index in [-0.39, 0.29) is 12.6 Å². The maximum atomic E-state index is 9.59. The van der Waals surface area contributed by atoms with Gasteiger partial charge >= 0.3 is 0 Å². The lowest BCUT2D eigenvalue weighted by molar-refractivity contribution is 0.176. The number of hydrogen-bond acceptors (Lipinski definition) is 2. The predicted molar refractivity (Wildman–Crippen MR) is 80.1 cm³/mol. The Hall–Kier alpha value is -0.860. The van der Waals surface area contributed by atoms with E-state index in [0.29, 0.717) is 12.0 Å². The lowest BCUT2D eigenvalue weighted by Crippen LogP contribution is -2.47. The van der Waals surface area contributed by atoms with E-state index in [1.54, 1.807) is 0 Å². The monoisotopic (exact) mass is 261 g/mol. The topological polar surface area (TPSA) is 32.3 Å². The van der Waals surface area contributed by atoms with Crippen LogP contribution in [0, 0.1) is 11.8 Å². The molecule has 2 rings (SSSR count). The van der Waals surface area contributed by atoms with E-state index in [2.05, 4.69) is 43.4 Å². The first-order chi connectivity index (χ1) is 9.19. The van der Waals surface area contributed by atoms with Crippen LogP contribution in [0.1, 0.15) is 38.7 Å². The smallest absolute Gasteiger partial charge is 0.0587 e. The first-order valence-electron chi connectivity index (χ1n) is 7.60. The summed E-state index contributed by atoms with van der Waals surface area (Å²) < 4.78 is 0. The van der Waals surface area contributed by atoms with Crippen LogP contribution in [0.5, 0.6) is 0 Å². The molecule has 0 aliphatic heterocycles. The van der Waals surface area contributed by atoms with Crippen LogP contribution in [0.15, 0.2) is 30.3 Å². The Balaban J connectivity index is 1.88. The highest BCUT2D eigenvalue weighted by Crippen LogP contribution is 2.29. The quantitative estimate of drug-likeness (QED) is 0.854. The summed E-state index contributed by atoms with van der Waals surface area (Å²) in [5.74, 6) is 1.57. The largest absolute Gasteiger partial charge is 0.395 e. The summed E-state index contributed by atoms with van der Waals surface area (Å²) in [5.41, 5.74) is 1.30. The molecule has 4 atom stereocenters. The molecule has 0 aromatic heterocycles. The minimum Gasteiger partial charge on any atom is -0.395 e. The molecule has 1 aromatic rings. The van der Waals surface area contributed by atoms with Crippen LogP contribution in [0.4, 0.5) is 0 Å². The van der Waals surface area contributed by atoms with E-state index in [1.807, 2.05) is 6.07 Å². The minimum atomic E-state index is 0.184. The Morgan fingerprint density at radius 2 is 1.95 bits per heavy atom. The Morgan fingerprint density at radius 1 is 1.21 bits per heavy atom. The predicted octanol–water partition coefficient (Wildman–Crippen LogP) is 3.00. The second kappa shape index (κ2) is 7.06. The van der Waals surface area contributed by atoms with E-state index >= 15 is 0 Å². The van der Waals surface area contributed by atoms with Gasteiger partial charge in [-0.2, -0.15) is 0 Å². The molecule has 2 heteroatoms. The van der Waals surface area contributed by atoms with E-state index in [0.717, 1.165) is 12.3 Å². The van der Waals surface area contributed by atoms with Gasteiger partial charge in [0.2, 0.25) is 0 Å². The van der Waals surface area contributed by atoms with Crippen LogP contribution < -0.4 is 5.32 Å². The minimum absolute atomic E-state index is 0.184. The van der Waals surface area contributed by atoms with Crippen molar-refractivity contribution in [1.82, 2.24) is 5.32 Å². The molecule has 4 unspecified atom stereocenters. The van der Waals surface area contributed by atoms with Crippen molar-refractivity contribution >= 4 is 0 Å². The third kappa shape index (κ3) is 4.32. The molecule has 0 saturated heterocycles. The maximum absolute atomic E-state index is 9.59. The molecule has 1 aliphatic carbocycles. The molecule has 2 nitrogen and oxygen atoms in total. The van der Waals surface area contributed by atoms with Crippen LogP contribution in [-0.2, 0) is 6.42 Å². The zero-order valence-electron chi connectivity index (χ0n) is 12.2. The lowest BCUT2D eigenvalue weighted by atomic mass is 9.79. The second-order valence-electron chi connectivity index (χ2n) is 6.24.